The lowest BCUT2D eigenvalue weighted by molar-refractivity contribution is 0.0951. The highest BCUT2D eigenvalue weighted by Gasteiger charge is 2.12. The minimum Gasteiger partial charge on any atom is -0.360 e. The third kappa shape index (κ3) is 2.99. The molecule has 0 aliphatic heterocycles. The Hall–Kier alpha value is -2.17. The van der Waals surface area contributed by atoms with Gasteiger partial charge in [-0.05, 0) is 19.1 Å². The van der Waals surface area contributed by atoms with Gasteiger partial charge >= 0.3 is 0 Å². The third-order valence-electron chi connectivity index (χ3n) is 2.68. The van der Waals surface area contributed by atoms with Gasteiger partial charge in [0.25, 0.3) is 5.91 Å². The van der Waals surface area contributed by atoms with Crippen molar-refractivity contribution < 1.29 is 9.32 Å². The lowest BCUT2D eigenvalue weighted by atomic mass is 10.1. The molecule has 0 bridgehead atoms. The van der Waals surface area contributed by atoms with Gasteiger partial charge in [0.05, 0.1) is 5.69 Å². The molecule has 0 unspecified atom stereocenters. The summed E-state index contributed by atoms with van der Waals surface area (Å²) >= 11 is 0. The molecule has 5 nitrogen and oxygen atoms in total. The van der Waals surface area contributed by atoms with E-state index in [-0.39, 0.29) is 11.8 Å². The summed E-state index contributed by atoms with van der Waals surface area (Å²) in [5, 5.41) is 6.70. The Morgan fingerprint density at radius 1 is 1.37 bits per heavy atom. The lowest BCUT2D eigenvalue weighted by Crippen LogP contribution is -2.23. The maximum Gasteiger partial charge on any atom is 0.269 e. The van der Waals surface area contributed by atoms with E-state index < -0.39 is 0 Å². The Balaban J connectivity index is 2.29. The van der Waals surface area contributed by atoms with Gasteiger partial charge in [-0.25, -0.2) is 4.98 Å². The van der Waals surface area contributed by atoms with Crippen molar-refractivity contribution in [1.82, 2.24) is 15.5 Å². The molecule has 1 amide bonds. The van der Waals surface area contributed by atoms with Crippen molar-refractivity contribution in [3.05, 3.63) is 35.7 Å². The van der Waals surface area contributed by atoms with Crippen LogP contribution in [0, 0.1) is 0 Å². The Kier molecular flexibility index (Phi) is 3.94. The van der Waals surface area contributed by atoms with Crippen LogP contribution in [0.2, 0.25) is 0 Å². The predicted molar refractivity (Wildman–Crippen MR) is 71.8 cm³/mol. The largest absolute Gasteiger partial charge is 0.360 e. The van der Waals surface area contributed by atoms with Crippen LogP contribution in [0.25, 0.3) is 11.4 Å². The summed E-state index contributed by atoms with van der Waals surface area (Å²) in [6.07, 6.45) is 0. The molecule has 0 radical (unpaired) electrons. The average molecular weight is 259 g/mol. The van der Waals surface area contributed by atoms with E-state index in [1.165, 1.54) is 0 Å². The molecule has 2 heterocycles. The summed E-state index contributed by atoms with van der Waals surface area (Å²) in [7, 11) is 0. The molecular formula is C14H17N3O2. The van der Waals surface area contributed by atoms with Crippen LogP contribution in [-0.2, 0) is 0 Å². The van der Waals surface area contributed by atoms with E-state index in [0.717, 1.165) is 5.76 Å². The van der Waals surface area contributed by atoms with E-state index in [0.29, 0.717) is 23.6 Å². The van der Waals surface area contributed by atoms with Gasteiger partial charge in [-0.1, -0.05) is 25.1 Å². The number of pyridine rings is 1. The van der Waals surface area contributed by atoms with Crippen LogP contribution < -0.4 is 5.32 Å². The summed E-state index contributed by atoms with van der Waals surface area (Å²) in [5.41, 5.74) is 1.67. The van der Waals surface area contributed by atoms with Crippen molar-refractivity contribution in [2.75, 3.05) is 6.54 Å². The van der Waals surface area contributed by atoms with Crippen LogP contribution in [0.1, 0.15) is 42.9 Å². The van der Waals surface area contributed by atoms with Gasteiger partial charge in [0, 0.05) is 18.5 Å². The zero-order valence-corrected chi connectivity index (χ0v) is 11.3. The summed E-state index contributed by atoms with van der Waals surface area (Å²) in [6, 6.07) is 7.13. The highest BCUT2D eigenvalue weighted by atomic mass is 16.5. The van der Waals surface area contributed by atoms with Crippen LogP contribution in [0.3, 0.4) is 0 Å². The Morgan fingerprint density at radius 3 is 2.79 bits per heavy atom. The van der Waals surface area contributed by atoms with Crippen LogP contribution in [0.15, 0.2) is 28.8 Å². The molecule has 19 heavy (non-hydrogen) atoms. The monoisotopic (exact) mass is 259 g/mol. The highest BCUT2D eigenvalue weighted by Crippen LogP contribution is 2.21. The third-order valence-corrected chi connectivity index (χ3v) is 2.68. The molecule has 0 fully saturated rings. The van der Waals surface area contributed by atoms with Gasteiger partial charge in [-0.3, -0.25) is 4.79 Å². The number of carbonyl (C=O) groups excluding carboxylic acids is 1. The van der Waals surface area contributed by atoms with Crippen LogP contribution in [0.5, 0.6) is 0 Å². The van der Waals surface area contributed by atoms with E-state index in [1.54, 1.807) is 12.1 Å². The number of hydrogen-bond donors (Lipinski definition) is 1. The van der Waals surface area contributed by atoms with E-state index in [2.05, 4.69) is 15.5 Å². The Labute approximate surface area is 112 Å². The molecule has 5 heteroatoms. The molecule has 0 saturated heterocycles. The van der Waals surface area contributed by atoms with Crippen LogP contribution in [0.4, 0.5) is 0 Å². The smallest absolute Gasteiger partial charge is 0.269 e. The van der Waals surface area contributed by atoms with Crippen molar-refractivity contribution in [1.29, 1.82) is 0 Å². The van der Waals surface area contributed by atoms with Crippen molar-refractivity contribution in [3.63, 3.8) is 0 Å². The van der Waals surface area contributed by atoms with Crippen molar-refractivity contribution in [2.24, 2.45) is 0 Å². The van der Waals surface area contributed by atoms with Gasteiger partial charge in [0.1, 0.15) is 17.1 Å². The quantitative estimate of drug-likeness (QED) is 0.916. The Bertz CT molecular complexity index is 576. The first kappa shape index (κ1) is 13.3. The normalized spacial score (nSPS) is 10.7. The topological polar surface area (TPSA) is 68.0 Å². The number of nitrogens with zero attached hydrogens (tertiary/aromatic N) is 2. The fraction of sp³-hybridized carbons (Fsp3) is 0.357. The molecule has 0 aliphatic rings. The molecule has 100 valence electrons. The number of aromatic nitrogens is 2. The first-order chi connectivity index (χ1) is 9.11. The van der Waals surface area contributed by atoms with E-state index in [1.807, 2.05) is 32.9 Å². The number of carbonyl (C=O) groups is 1. The first-order valence-corrected chi connectivity index (χ1v) is 6.34. The second-order valence-electron chi connectivity index (χ2n) is 4.54. The van der Waals surface area contributed by atoms with E-state index >= 15 is 0 Å². The summed E-state index contributed by atoms with van der Waals surface area (Å²) in [5.74, 6) is 0.893. The zero-order chi connectivity index (χ0) is 13.8. The molecule has 0 aliphatic carbocycles. The predicted octanol–water partition coefficient (Wildman–Crippen LogP) is 2.61. The Morgan fingerprint density at radius 2 is 2.16 bits per heavy atom. The molecule has 1 N–H and O–H groups in total. The number of rotatable bonds is 4. The van der Waals surface area contributed by atoms with E-state index in [9.17, 15) is 4.79 Å². The lowest BCUT2D eigenvalue weighted by Gasteiger charge is -2.02. The summed E-state index contributed by atoms with van der Waals surface area (Å²) < 4.78 is 5.24. The molecule has 2 aromatic heterocycles. The fourth-order valence-electron chi connectivity index (χ4n) is 1.64. The number of hydrogen-bond acceptors (Lipinski definition) is 4. The minimum absolute atomic E-state index is 0.183. The van der Waals surface area contributed by atoms with Crippen LogP contribution in [-0.4, -0.2) is 22.6 Å². The maximum atomic E-state index is 11.7. The maximum absolute atomic E-state index is 11.7. The van der Waals surface area contributed by atoms with E-state index in [4.69, 9.17) is 4.52 Å². The van der Waals surface area contributed by atoms with Gasteiger partial charge in [-0.2, -0.15) is 0 Å². The van der Waals surface area contributed by atoms with Gasteiger partial charge in [-0.15, -0.1) is 0 Å². The van der Waals surface area contributed by atoms with Crippen molar-refractivity contribution in [2.45, 2.75) is 26.7 Å². The highest BCUT2D eigenvalue weighted by molar-refractivity contribution is 5.92. The van der Waals surface area contributed by atoms with Gasteiger partial charge in [0.15, 0.2) is 0 Å². The summed E-state index contributed by atoms with van der Waals surface area (Å²) in [4.78, 5) is 16.0. The van der Waals surface area contributed by atoms with Gasteiger partial charge < -0.3 is 9.84 Å². The SMILES string of the molecule is CCNC(=O)c1cccc(-c2cc(C(C)C)on2)n1. The van der Waals surface area contributed by atoms with Crippen molar-refractivity contribution in [3.8, 4) is 11.4 Å². The fourth-order valence-corrected chi connectivity index (χ4v) is 1.64. The molecule has 0 atom stereocenters. The molecule has 2 aromatic rings. The molecular weight excluding hydrogens is 242 g/mol. The summed E-state index contributed by atoms with van der Waals surface area (Å²) in [6.45, 7) is 6.51. The van der Waals surface area contributed by atoms with Gasteiger partial charge in [0.2, 0.25) is 0 Å². The molecule has 2 rings (SSSR count). The first-order valence-electron chi connectivity index (χ1n) is 6.34. The number of nitrogens with one attached hydrogen (secondary N) is 1. The molecule has 0 spiro atoms. The zero-order valence-electron chi connectivity index (χ0n) is 11.3. The second kappa shape index (κ2) is 5.65. The molecule has 0 aromatic carbocycles. The standard InChI is InChI=1S/C14H17N3O2/c1-4-15-14(18)11-7-5-6-10(16-11)12-8-13(9(2)3)19-17-12/h5-9H,4H2,1-3H3,(H,15,18). The number of amides is 1. The average Bonchev–Trinajstić information content (AvgIpc) is 2.89. The molecule has 0 saturated carbocycles. The second-order valence-corrected chi connectivity index (χ2v) is 4.54. The van der Waals surface area contributed by atoms with Crippen molar-refractivity contribution >= 4 is 5.91 Å². The minimum atomic E-state index is -0.183. The van der Waals surface area contributed by atoms with Crippen LogP contribution >= 0.6 is 0 Å².